The van der Waals surface area contributed by atoms with Gasteiger partial charge in [-0.05, 0) is 112 Å². The lowest BCUT2D eigenvalue weighted by molar-refractivity contribution is 0.103. The summed E-state index contributed by atoms with van der Waals surface area (Å²) in [6.07, 6.45) is 0. The van der Waals surface area contributed by atoms with E-state index in [-0.39, 0.29) is 46.4 Å². The molecule has 3 aliphatic heterocycles. The summed E-state index contributed by atoms with van der Waals surface area (Å²) in [4.78, 5) is 16.8. The van der Waals surface area contributed by atoms with Crippen LogP contribution in [0.4, 0.5) is 17.1 Å². The Hall–Kier alpha value is -6.92. The van der Waals surface area contributed by atoms with E-state index in [2.05, 4.69) is 0 Å². The van der Waals surface area contributed by atoms with Crippen molar-refractivity contribution in [2.45, 2.75) is 35.3 Å². The molecule has 8 nitrogen and oxygen atoms in total. The van der Waals surface area contributed by atoms with Gasteiger partial charge >= 0.3 is 0 Å². The molecule has 296 valence electrons. The topological polar surface area (TPSA) is 123 Å². The van der Waals surface area contributed by atoms with Crippen LogP contribution in [-0.2, 0) is 29.5 Å². The number of hydrogen-bond donors (Lipinski definition) is 0. The monoisotopic (exact) mass is 853 g/mol. The fourth-order valence-corrected chi connectivity index (χ4v) is 14.0. The quantitative estimate of drug-likeness (QED) is 0.172. The lowest BCUT2D eigenvalue weighted by Gasteiger charge is -2.33. The van der Waals surface area contributed by atoms with Gasteiger partial charge in [0.25, 0.3) is 0 Å². The molecule has 61 heavy (non-hydrogen) atoms. The maximum atomic E-state index is 14.2. The molecular formula is C50H31NO7S3. The van der Waals surface area contributed by atoms with Gasteiger partial charge in [0, 0.05) is 22.7 Å². The van der Waals surface area contributed by atoms with Crippen molar-refractivity contribution in [3.05, 3.63) is 210 Å². The molecule has 0 radical (unpaired) electrons. The maximum Gasteiger partial charge on any atom is 0.210 e. The van der Waals surface area contributed by atoms with Crippen LogP contribution in [0.1, 0.15) is 38.5 Å². The third-order valence-electron chi connectivity index (χ3n) is 11.9. The zero-order valence-corrected chi connectivity index (χ0v) is 34.4. The molecule has 0 N–H and O–H groups in total. The first-order valence-electron chi connectivity index (χ1n) is 19.4. The number of rotatable bonds is 4. The van der Waals surface area contributed by atoms with Gasteiger partial charge < -0.3 is 4.90 Å². The van der Waals surface area contributed by atoms with Crippen LogP contribution in [0.5, 0.6) is 0 Å². The molecule has 0 atom stereocenters. The molecule has 11 rings (SSSR count). The Morgan fingerprint density at radius 2 is 0.803 bits per heavy atom. The number of benzene rings is 8. The number of nitrogens with zero attached hydrogens (tertiary/aromatic N) is 1. The lowest BCUT2D eigenvalue weighted by atomic mass is 9.84. The van der Waals surface area contributed by atoms with Gasteiger partial charge in [-0.25, -0.2) is 25.3 Å². The van der Waals surface area contributed by atoms with Crippen LogP contribution < -0.4 is 4.90 Å². The Morgan fingerprint density at radius 1 is 0.361 bits per heavy atom. The van der Waals surface area contributed by atoms with Gasteiger partial charge in [0.05, 0.1) is 40.7 Å². The number of anilines is 3. The molecule has 0 amide bonds. The predicted molar refractivity (Wildman–Crippen MR) is 232 cm³/mol. The van der Waals surface area contributed by atoms with Gasteiger partial charge in [-0.2, -0.15) is 0 Å². The fraction of sp³-hybridized carbons (Fsp3) is 0.0200. The Labute approximate surface area is 352 Å². The third kappa shape index (κ3) is 5.47. The summed E-state index contributed by atoms with van der Waals surface area (Å²) < 4.78 is 82.5. The SMILES string of the molecule is O=C1c2cc(-c3ccc(C4c5ccccc5S(=O)(=O)c5ccccc54)cc3)ccc2S(=O)(=O)c2cc(-c3ccc(N4c5ccccc5S(=O)(=O)c5ccccc54)cc3)ccc21. The first-order chi connectivity index (χ1) is 29.4. The number of hydrogen-bond acceptors (Lipinski definition) is 8. The van der Waals surface area contributed by atoms with E-state index in [0.717, 1.165) is 16.8 Å². The normalized spacial score (nSPS) is 16.3. The minimum Gasteiger partial charge on any atom is -0.308 e. The van der Waals surface area contributed by atoms with Crippen LogP contribution in [0, 0.1) is 0 Å². The predicted octanol–water partition coefficient (Wildman–Crippen LogP) is 10.3. The minimum absolute atomic E-state index is 0.0631. The number of carbonyl (C=O) groups is 1. The second-order valence-corrected chi connectivity index (χ2v) is 20.9. The minimum atomic E-state index is -4.09. The molecule has 8 aromatic carbocycles. The second kappa shape index (κ2) is 13.3. The highest BCUT2D eigenvalue weighted by Gasteiger charge is 2.38. The Bertz CT molecular complexity index is 3440. The van der Waals surface area contributed by atoms with Crippen molar-refractivity contribution in [2.75, 3.05) is 4.90 Å². The third-order valence-corrected chi connectivity index (χ3v) is 17.5. The molecule has 0 fully saturated rings. The van der Waals surface area contributed by atoms with Crippen LogP contribution >= 0.6 is 0 Å². The molecule has 0 aromatic heterocycles. The molecule has 0 bridgehead atoms. The first-order valence-corrected chi connectivity index (χ1v) is 23.8. The average molecular weight is 854 g/mol. The highest BCUT2D eigenvalue weighted by molar-refractivity contribution is 7.92. The van der Waals surface area contributed by atoms with E-state index in [0.29, 0.717) is 39.2 Å². The maximum absolute atomic E-state index is 14.2. The summed E-state index contributed by atoms with van der Waals surface area (Å²) in [5, 5.41) is 0. The van der Waals surface area contributed by atoms with Crippen molar-refractivity contribution in [2.24, 2.45) is 0 Å². The average Bonchev–Trinajstić information content (AvgIpc) is 3.29. The van der Waals surface area contributed by atoms with E-state index in [4.69, 9.17) is 0 Å². The smallest absolute Gasteiger partial charge is 0.210 e. The van der Waals surface area contributed by atoms with Crippen molar-refractivity contribution < 1.29 is 30.0 Å². The number of fused-ring (bicyclic) bond motifs is 6. The van der Waals surface area contributed by atoms with Gasteiger partial charge in [0.1, 0.15) is 0 Å². The van der Waals surface area contributed by atoms with Gasteiger partial charge in [0.2, 0.25) is 29.5 Å². The largest absolute Gasteiger partial charge is 0.308 e. The second-order valence-electron chi connectivity index (χ2n) is 15.2. The van der Waals surface area contributed by atoms with E-state index in [1.807, 2.05) is 77.7 Å². The standard InChI is InChI=1S/C50H31NO7S3/c52-50-39-27-23-35(32-21-25-36(26-22-32)51-41-11-3-7-15-46(41)61(57,58)47-16-8-4-12-42(47)51)30-48(39)60(55,56)45-28-24-34(29-40(45)50)31-17-19-33(20-18-31)49-37-9-1-5-13-43(37)59(53,54)44-14-6-2-10-38(44)49/h1-30,49H. The van der Waals surface area contributed by atoms with Crippen LogP contribution in [-0.4, -0.2) is 31.0 Å². The van der Waals surface area contributed by atoms with Gasteiger partial charge in [-0.15, -0.1) is 0 Å². The molecule has 0 aliphatic carbocycles. The molecule has 0 spiro atoms. The molecule has 0 saturated heterocycles. The zero-order chi connectivity index (χ0) is 41.8. The highest BCUT2D eigenvalue weighted by Crippen LogP contribution is 2.49. The zero-order valence-electron chi connectivity index (χ0n) is 31.9. The summed E-state index contributed by atoms with van der Waals surface area (Å²) in [5.41, 5.74) is 7.01. The molecule has 3 aliphatic rings. The Morgan fingerprint density at radius 3 is 1.39 bits per heavy atom. The lowest BCUT2D eigenvalue weighted by Crippen LogP contribution is -2.22. The van der Waals surface area contributed by atoms with E-state index in [9.17, 15) is 30.0 Å². The van der Waals surface area contributed by atoms with Crippen LogP contribution in [0.3, 0.4) is 0 Å². The summed E-state index contributed by atoms with van der Waals surface area (Å²) in [6.45, 7) is 0. The number of ketones is 1. The Balaban J connectivity index is 0.904. The van der Waals surface area contributed by atoms with E-state index < -0.39 is 35.3 Å². The summed E-state index contributed by atoms with van der Waals surface area (Å²) in [7, 11) is -11.5. The van der Waals surface area contributed by atoms with Crippen LogP contribution in [0.15, 0.2) is 211 Å². The van der Waals surface area contributed by atoms with Crippen molar-refractivity contribution in [3.63, 3.8) is 0 Å². The molecule has 8 aromatic rings. The van der Waals surface area contributed by atoms with E-state index in [1.165, 1.54) is 12.1 Å². The van der Waals surface area contributed by atoms with Crippen LogP contribution in [0.25, 0.3) is 22.3 Å². The number of sulfone groups is 3. The van der Waals surface area contributed by atoms with Gasteiger partial charge in [-0.1, -0.05) is 109 Å². The fourth-order valence-electron chi connectivity index (χ4n) is 9.00. The van der Waals surface area contributed by atoms with Crippen molar-refractivity contribution in [1.29, 1.82) is 0 Å². The molecule has 11 heteroatoms. The van der Waals surface area contributed by atoms with Gasteiger partial charge in [-0.3, -0.25) is 4.79 Å². The van der Waals surface area contributed by atoms with Crippen molar-refractivity contribution in [3.8, 4) is 22.3 Å². The summed E-state index contributed by atoms with van der Waals surface area (Å²) in [5.74, 6) is -0.709. The highest BCUT2D eigenvalue weighted by atomic mass is 32.2. The van der Waals surface area contributed by atoms with Crippen molar-refractivity contribution >= 4 is 52.4 Å². The summed E-state index contributed by atoms with van der Waals surface area (Å²) in [6, 6.07) is 52.6. The number of carbonyl (C=O) groups excluding carboxylic acids is 1. The number of para-hydroxylation sites is 2. The first kappa shape index (κ1) is 37.1. The Kier molecular flexibility index (Phi) is 8.08. The van der Waals surface area contributed by atoms with Crippen LogP contribution in [0.2, 0.25) is 0 Å². The van der Waals surface area contributed by atoms with E-state index in [1.54, 1.807) is 97.1 Å². The summed E-state index contributed by atoms with van der Waals surface area (Å²) >= 11 is 0. The van der Waals surface area contributed by atoms with Gasteiger partial charge in [0.15, 0.2) is 5.78 Å². The van der Waals surface area contributed by atoms with Crippen molar-refractivity contribution in [1.82, 2.24) is 0 Å². The van der Waals surface area contributed by atoms with E-state index >= 15 is 0 Å². The molecule has 0 saturated carbocycles. The molecular weight excluding hydrogens is 823 g/mol. The molecule has 3 heterocycles. The molecule has 0 unspecified atom stereocenters.